The smallest absolute Gasteiger partial charge is 0.320 e. The number of thioether (sulfide) groups is 1. The predicted octanol–water partition coefficient (Wildman–Crippen LogP) is 2.77. The molecule has 0 spiro atoms. The highest BCUT2D eigenvalue weighted by Gasteiger charge is 2.36. The molecule has 1 saturated heterocycles. The summed E-state index contributed by atoms with van der Waals surface area (Å²) in [6.07, 6.45) is 11.5. The van der Waals surface area contributed by atoms with Crippen molar-refractivity contribution in [3.63, 3.8) is 0 Å². The third-order valence-corrected chi connectivity index (χ3v) is 5.01. The Kier molecular flexibility index (Phi) is 5.57. The molecule has 1 N–H and O–H groups in total. The predicted molar refractivity (Wildman–Crippen MR) is 76.1 cm³/mol. The van der Waals surface area contributed by atoms with Gasteiger partial charge in [-0.15, -0.1) is 0 Å². The number of hydrogen-bond donors (Lipinski definition) is 1. The molecule has 3 unspecified atom stereocenters. The Morgan fingerprint density at radius 2 is 2.06 bits per heavy atom. The Morgan fingerprint density at radius 1 is 1.22 bits per heavy atom. The molecule has 0 radical (unpaired) electrons. The van der Waals surface area contributed by atoms with E-state index in [-0.39, 0.29) is 6.04 Å². The molecular formula is C14H23NO2S. The van der Waals surface area contributed by atoms with Crippen LogP contribution in [0.5, 0.6) is 0 Å². The highest BCUT2D eigenvalue weighted by molar-refractivity contribution is 8.00. The van der Waals surface area contributed by atoms with Gasteiger partial charge in [-0.25, -0.2) is 0 Å². The lowest BCUT2D eigenvalue weighted by Crippen LogP contribution is -2.36. The quantitative estimate of drug-likeness (QED) is 0.743. The lowest BCUT2D eigenvalue weighted by molar-refractivity contribution is -0.142. The average Bonchev–Trinajstić information content (AvgIpc) is 2.75. The molecule has 1 fully saturated rings. The van der Waals surface area contributed by atoms with E-state index in [2.05, 4.69) is 17.1 Å². The molecule has 4 heteroatoms. The Bertz CT molecular complexity index is 306. The first-order chi connectivity index (χ1) is 8.77. The van der Waals surface area contributed by atoms with Crippen LogP contribution in [0.1, 0.15) is 38.5 Å². The van der Waals surface area contributed by atoms with Crippen molar-refractivity contribution >= 4 is 17.7 Å². The molecule has 0 aromatic heterocycles. The Labute approximate surface area is 114 Å². The van der Waals surface area contributed by atoms with Gasteiger partial charge in [0.25, 0.3) is 0 Å². The fraction of sp³-hybridized carbons (Fsp3) is 0.786. The fourth-order valence-electron chi connectivity index (χ4n) is 2.79. The molecule has 2 heterocycles. The maximum absolute atomic E-state index is 11.3. The molecule has 0 aliphatic carbocycles. The lowest BCUT2D eigenvalue weighted by Gasteiger charge is -2.20. The average molecular weight is 269 g/mol. The van der Waals surface area contributed by atoms with Crippen LogP contribution in [0.3, 0.4) is 0 Å². The number of carboxylic acid groups (broad SMARTS) is 1. The largest absolute Gasteiger partial charge is 0.480 e. The molecular weight excluding hydrogens is 246 g/mol. The molecule has 18 heavy (non-hydrogen) atoms. The van der Waals surface area contributed by atoms with Crippen molar-refractivity contribution in [2.24, 2.45) is 0 Å². The third-order valence-electron chi connectivity index (χ3n) is 3.81. The molecule has 0 aromatic rings. The molecule has 0 aromatic carbocycles. The van der Waals surface area contributed by atoms with Crippen molar-refractivity contribution in [1.29, 1.82) is 0 Å². The fourth-order valence-corrected chi connectivity index (χ4v) is 3.93. The number of rotatable bonds is 1. The first-order valence-corrected chi connectivity index (χ1v) is 8.05. The SMILES string of the molecule is O=C(O)C1CC2CN1CCCCCCC=CCS2. The van der Waals surface area contributed by atoms with Crippen molar-refractivity contribution in [3.8, 4) is 0 Å². The van der Waals surface area contributed by atoms with E-state index in [9.17, 15) is 9.90 Å². The number of nitrogens with zero attached hydrogens (tertiary/aromatic N) is 1. The summed E-state index contributed by atoms with van der Waals surface area (Å²) in [4.78, 5) is 13.4. The van der Waals surface area contributed by atoms with Crippen LogP contribution >= 0.6 is 11.8 Å². The molecule has 0 amide bonds. The second-order valence-electron chi connectivity index (χ2n) is 5.21. The summed E-state index contributed by atoms with van der Waals surface area (Å²) < 4.78 is 0. The van der Waals surface area contributed by atoms with Crippen LogP contribution in [-0.4, -0.2) is 46.1 Å². The van der Waals surface area contributed by atoms with Gasteiger partial charge in [0, 0.05) is 17.5 Å². The Hall–Kier alpha value is -0.480. The highest BCUT2D eigenvalue weighted by atomic mass is 32.2. The highest BCUT2D eigenvalue weighted by Crippen LogP contribution is 2.28. The van der Waals surface area contributed by atoms with E-state index in [4.69, 9.17) is 0 Å². The molecule has 2 bridgehead atoms. The number of fused-ring (bicyclic) bond motifs is 2. The number of allylic oxidation sites excluding steroid dienone is 1. The summed E-state index contributed by atoms with van der Waals surface area (Å²) in [6.45, 7) is 1.91. The summed E-state index contributed by atoms with van der Waals surface area (Å²) in [5, 5.41) is 9.77. The van der Waals surface area contributed by atoms with E-state index in [0.29, 0.717) is 5.25 Å². The van der Waals surface area contributed by atoms with Crippen LogP contribution in [0.25, 0.3) is 0 Å². The first-order valence-electron chi connectivity index (χ1n) is 7.01. The van der Waals surface area contributed by atoms with E-state index in [0.717, 1.165) is 31.7 Å². The monoisotopic (exact) mass is 269 g/mol. The van der Waals surface area contributed by atoms with Crippen molar-refractivity contribution in [2.75, 3.05) is 18.8 Å². The van der Waals surface area contributed by atoms with E-state index in [1.165, 1.54) is 25.7 Å². The number of aliphatic carboxylic acids is 1. The standard InChI is InChI=1S/C14H23NO2S/c16-14(17)13-10-12-11-15(13)8-6-4-2-1-3-5-7-9-18-12/h5,7,12-13H,1-4,6,8-11H2,(H,16,17). The van der Waals surface area contributed by atoms with Crippen LogP contribution in [0, 0.1) is 0 Å². The zero-order valence-corrected chi connectivity index (χ0v) is 11.7. The van der Waals surface area contributed by atoms with Crippen molar-refractivity contribution < 1.29 is 9.90 Å². The van der Waals surface area contributed by atoms with Gasteiger partial charge < -0.3 is 5.11 Å². The lowest BCUT2D eigenvalue weighted by atomic mass is 10.1. The van der Waals surface area contributed by atoms with Crippen molar-refractivity contribution in [2.45, 2.75) is 49.8 Å². The van der Waals surface area contributed by atoms with Crippen LogP contribution in [0.2, 0.25) is 0 Å². The van der Waals surface area contributed by atoms with E-state index < -0.39 is 5.97 Å². The van der Waals surface area contributed by atoms with E-state index in [1.807, 2.05) is 11.8 Å². The zero-order valence-electron chi connectivity index (χ0n) is 10.9. The van der Waals surface area contributed by atoms with Crippen LogP contribution in [0.15, 0.2) is 12.2 Å². The molecule has 3 atom stereocenters. The maximum Gasteiger partial charge on any atom is 0.320 e. The molecule has 3 nitrogen and oxygen atoms in total. The van der Waals surface area contributed by atoms with Crippen LogP contribution < -0.4 is 0 Å². The summed E-state index contributed by atoms with van der Waals surface area (Å²) in [6, 6.07) is -0.241. The zero-order chi connectivity index (χ0) is 12.8. The second-order valence-corrected chi connectivity index (χ2v) is 6.55. The maximum atomic E-state index is 11.3. The normalized spacial score (nSPS) is 34.3. The van der Waals surface area contributed by atoms with Gasteiger partial charge in [-0.1, -0.05) is 25.0 Å². The van der Waals surface area contributed by atoms with Crippen LogP contribution in [0.4, 0.5) is 0 Å². The van der Waals surface area contributed by atoms with Gasteiger partial charge >= 0.3 is 5.97 Å². The number of carbonyl (C=O) groups is 1. The van der Waals surface area contributed by atoms with Gasteiger partial charge in [-0.3, -0.25) is 9.69 Å². The summed E-state index contributed by atoms with van der Waals surface area (Å²) in [5.41, 5.74) is 0. The first kappa shape index (κ1) is 13.9. The van der Waals surface area contributed by atoms with E-state index in [1.54, 1.807) is 0 Å². The minimum absolute atomic E-state index is 0.241. The summed E-state index contributed by atoms with van der Waals surface area (Å²) in [5.74, 6) is 0.394. The van der Waals surface area contributed by atoms with Crippen LogP contribution in [-0.2, 0) is 4.79 Å². The van der Waals surface area contributed by atoms with Gasteiger partial charge in [0.15, 0.2) is 0 Å². The topological polar surface area (TPSA) is 40.5 Å². The minimum atomic E-state index is -0.638. The Morgan fingerprint density at radius 3 is 2.89 bits per heavy atom. The van der Waals surface area contributed by atoms with Gasteiger partial charge in [-0.05, 0) is 32.2 Å². The Balaban J connectivity index is 1.94. The van der Waals surface area contributed by atoms with Gasteiger partial charge in [0.05, 0.1) is 0 Å². The minimum Gasteiger partial charge on any atom is -0.480 e. The molecule has 0 saturated carbocycles. The van der Waals surface area contributed by atoms with Crippen molar-refractivity contribution in [1.82, 2.24) is 4.90 Å². The van der Waals surface area contributed by atoms with Gasteiger partial charge in [0.2, 0.25) is 0 Å². The molecule has 102 valence electrons. The molecule has 2 rings (SSSR count). The number of carboxylic acids is 1. The molecule has 2 aliphatic heterocycles. The molecule has 2 aliphatic rings. The second kappa shape index (κ2) is 7.19. The summed E-state index contributed by atoms with van der Waals surface area (Å²) >= 11 is 1.91. The van der Waals surface area contributed by atoms with E-state index >= 15 is 0 Å². The third kappa shape index (κ3) is 4.02. The summed E-state index contributed by atoms with van der Waals surface area (Å²) in [7, 11) is 0. The van der Waals surface area contributed by atoms with Gasteiger partial charge in [0.1, 0.15) is 6.04 Å². The van der Waals surface area contributed by atoms with Gasteiger partial charge in [-0.2, -0.15) is 11.8 Å². The van der Waals surface area contributed by atoms with Crippen molar-refractivity contribution in [3.05, 3.63) is 12.2 Å². The number of hydrogen-bond acceptors (Lipinski definition) is 3.